The zero-order valence-electron chi connectivity index (χ0n) is 10.9. The summed E-state index contributed by atoms with van der Waals surface area (Å²) >= 11 is 11.6. The minimum absolute atomic E-state index is 0.137. The van der Waals surface area contributed by atoms with Crippen LogP contribution in [-0.2, 0) is 4.79 Å². The van der Waals surface area contributed by atoms with Gasteiger partial charge in [-0.25, -0.2) is 0 Å². The summed E-state index contributed by atoms with van der Waals surface area (Å²) in [5.74, 6) is -0.455. The molecule has 106 valence electrons. The number of rotatable bonds is 7. The van der Waals surface area contributed by atoms with Gasteiger partial charge in [0.05, 0.1) is 12.1 Å². The first-order valence-corrected chi connectivity index (χ1v) is 7.29. The minimum Gasteiger partial charge on any atom is -0.391 e. The number of halogens is 2. The first-order chi connectivity index (χ1) is 9.10. The summed E-state index contributed by atoms with van der Waals surface area (Å²) in [6, 6.07) is 6.66. The van der Waals surface area contributed by atoms with Crippen LogP contribution in [0.25, 0.3) is 0 Å². The Morgan fingerprint density at radius 1 is 1.42 bits per heavy atom. The highest BCUT2D eigenvalue weighted by atomic mass is 35.5. The monoisotopic (exact) mass is 303 g/mol. The van der Waals surface area contributed by atoms with E-state index in [1.165, 1.54) is 0 Å². The summed E-state index contributed by atoms with van der Waals surface area (Å²) < 4.78 is 0. The number of carbonyl (C=O) groups excluding carboxylic acids is 1. The number of hydrogen-bond acceptors (Lipinski definition) is 2. The van der Waals surface area contributed by atoms with Crippen molar-refractivity contribution in [1.82, 2.24) is 5.32 Å². The number of nitrogens with one attached hydrogen (secondary N) is 1. The van der Waals surface area contributed by atoms with Gasteiger partial charge in [0.2, 0.25) is 5.91 Å². The molecule has 2 N–H and O–H groups in total. The first-order valence-electron chi connectivity index (χ1n) is 6.38. The van der Waals surface area contributed by atoms with E-state index < -0.39 is 12.1 Å². The van der Waals surface area contributed by atoms with E-state index in [-0.39, 0.29) is 11.8 Å². The highest BCUT2D eigenvalue weighted by molar-refractivity contribution is 6.31. The van der Waals surface area contributed by atoms with Crippen LogP contribution in [0, 0.1) is 0 Å². The Morgan fingerprint density at radius 3 is 2.68 bits per heavy atom. The van der Waals surface area contributed by atoms with Gasteiger partial charge in [0.15, 0.2) is 0 Å². The smallest absolute Gasteiger partial charge is 0.235 e. The molecule has 0 spiro atoms. The maximum atomic E-state index is 11.5. The summed E-state index contributed by atoms with van der Waals surface area (Å²) in [6.07, 6.45) is 1.80. The molecule has 0 radical (unpaired) electrons. The van der Waals surface area contributed by atoms with Crippen molar-refractivity contribution in [2.45, 2.75) is 38.3 Å². The number of hydrogen-bond donors (Lipinski definition) is 2. The fourth-order valence-corrected chi connectivity index (χ4v) is 2.23. The average molecular weight is 304 g/mol. The third kappa shape index (κ3) is 5.01. The molecule has 1 aromatic rings. The van der Waals surface area contributed by atoms with E-state index in [0.29, 0.717) is 17.0 Å². The molecule has 3 nitrogen and oxygen atoms in total. The normalized spacial score (nSPS) is 13.9. The van der Waals surface area contributed by atoms with E-state index in [1.807, 2.05) is 12.1 Å². The van der Waals surface area contributed by atoms with Gasteiger partial charge in [-0.15, -0.1) is 11.6 Å². The van der Waals surface area contributed by atoms with Gasteiger partial charge in [0, 0.05) is 5.02 Å². The van der Waals surface area contributed by atoms with Gasteiger partial charge in [0.1, 0.15) is 5.88 Å². The zero-order chi connectivity index (χ0) is 14.3. The predicted molar refractivity (Wildman–Crippen MR) is 78.6 cm³/mol. The van der Waals surface area contributed by atoms with Gasteiger partial charge < -0.3 is 10.4 Å². The van der Waals surface area contributed by atoms with Crippen molar-refractivity contribution in [1.29, 1.82) is 0 Å². The number of unbranched alkanes of at least 4 members (excludes halogenated alkanes) is 1. The van der Waals surface area contributed by atoms with Crippen molar-refractivity contribution in [2.24, 2.45) is 0 Å². The van der Waals surface area contributed by atoms with E-state index in [1.54, 1.807) is 12.1 Å². The SMILES string of the molecule is CCCC[C@H](O)[C@@H](NC(=O)CCl)c1ccccc1Cl. The summed E-state index contributed by atoms with van der Waals surface area (Å²) in [7, 11) is 0. The molecule has 0 aliphatic rings. The molecular formula is C14H19Cl2NO2. The molecule has 0 heterocycles. The van der Waals surface area contributed by atoms with E-state index in [9.17, 15) is 9.90 Å². The number of amides is 1. The van der Waals surface area contributed by atoms with E-state index in [4.69, 9.17) is 23.2 Å². The highest BCUT2D eigenvalue weighted by Crippen LogP contribution is 2.27. The van der Waals surface area contributed by atoms with Crippen molar-refractivity contribution in [3.63, 3.8) is 0 Å². The Bertz CT molecular complexity index is 412. The predicted octanol–water partition coefficient (Wildman–Crippen LogP) is 3.29. The lowest BCUT2D eigenvalue weighted by molar-refractivity contribution is -0.120. The van der Waals surface area contributed by atoms with Crippen LogP contribution in [0.15, 0.2) is 24.3 Å². The number of alkyl halides is 1. The molecule has 1 rings (SSSR count). The summed E-state index contributed by atoms with van der Waals surface area (Å²) in [6.45, 7) is 2.05. The average Bonchev–Trinajstić information content (AvgIpc) is 2.42. The van der Waals surface area contributed by atoms with Crippen LogP contribution in [0.1, 0.15) is 37.8 Å². The molecule has 0 fully saturated rings. The lowest BCUT2D eigenvalue weighted by Crippen LogP contribution is -2.37. The molecule has 2 atom stereocenters. The summed E-state index contributed by atoms with van der Waals surface area (Å²) in [4.78, 5) is 11.5. The van der Waals surface area contributed by atoms with Gasteiger partial charge in [-0.2, -0.15) is 0 Å². The molecule has 1 amide bonds. The molecule has 0 saturated carbocycles. The van der Waals surface area contributed by atoms with Crippen molar-refractivity contribution in [2.75, 3.05) is 5.88 Å². The first kappa shape index (κ1) is 16.3. The molecule has 19 heavy (non-hydrogen) atoms. The number of aliphatic hydroxyl groups is 1. The fourth-order valence-electron chi connectivity index (χ4n) is 1.90. The Balaban J connectivity index is 2.91. The van der Waals surface area contributed by atoms with Crippen LogP contribution in [0.2, 0.25) is 5.02 Å². The Kier molecular flexibility index (Phi) is 7.21. The van der Waals surface area contributed by atoms with Crippen LogP contribution in [0.3, 0.4) is 0 Å². The van der Waals surface area contributed by atoms with Gasteiger partial charge in [-0.3, -0.25) is 4.79 Å². The van der Waals surface area contributed by atoms with Gasteiger partial charge >= 0.3 is 0 Å². The number of carbonyl (C=O) groups is 1. The van der Waals surface area contributed by atoms with Crippen LogP contribution in [0.4, 0.5) is 0 Å². The molecule has 0 unspecified atom stereocenters. The largest absolute Gasteiger partial charge is 0.391 e. The van der Waals surface area contributed by atoms with Crippen molar-refractivity contribution in [3.8, 4) is 0 Å². The second-order valence-corrected chi connectivity index (χ2v) is 5.08. The molecule has 0 aromatic heterocycles. The Morgan fingerprint density at radius 2 is 2.11 bits per heavy atom. The molecule has 5 heteroatoms. The van der Waals surface area contributed by atoms with E-state index >= 15 is 0 Å². The highest BCUT2D eigenvalue weighted by Gasteiger charge is 2.24. The Labute approximate surface area is 123 Å². The van der Waals surface area contributed by atoms with E-state index in [2.05, 4.69) is 12.2 Å². The van der Waals surface area contributed by atoms with Gasteiger partial charge in [0.25, 0.3) is 0 Å². The van der Waals surface area contributed by atoms with Crippen LogP contribution >= 0.6 is 23.2 Å². The second-order valence-electron chi connectivity index (χ2n) is 4.41. The lowest BCUT2D eigenvalue weighted by Gasteiger charge is -2.25. The maximum absolute atomic E-state index is 11.5. The fraction of sp³-hybridized carbons (Fsp3) is 0.500. The van der Waals surface area contributed by atoms with Crippen molar-refractivity contribution >= 4 is 29.1 Å². The maximum Gasteiger partial charge on any atom is 0.235 e. The van der Waals surface area contributed by atoms with Crippen molar-refractivity contribution in [3.05, 3.63) is 34.9 Å². The van der Waals surface area contributed by atoms with Crippen LogP contribution in [0.5, 0.6) is 0 Å². The summed E-state index contributed by atoms with van der Waals surface area (Å²) in [5.41, 5.74) is 0.714. The minimum atomic E-state index is -0.674. The molecule has 1 aromatic carbocycles. The summed E-state index contributed by atoms with van der Waals surface area (Å²) in [5, 5.41) is 13.5. The topological polar surface area (TPSA) is 49.3 Å². The van der Waals surface area contributed by atoms with Gasteiger partial charge in [-0.1, -0.05) is 49.6 Å². The molecule has 0 aliphatic carbocycles. The number of aliphatic hydroxyl groups excluding tert-OH is 1. The third-order valence-corrected chi connectivity index (χ3v) is 3.50. The number of benzene rings is 1. The van der Waals surface area contributed by atoms with Crippen LogP contribution < -0.4 is 5.32 Å². The zero-order valence-corrected chi connectivity index (χ0v) is 12.4. The lowest BCUT2D eigenvalue weighted by atomic mass is 9.97. The standard InChI is InChI=1S/C14H19Cl2NO2/c1-2-3-8-12(18)14(17-13(19)9-15)10-6-4-5-7-11(10)16/h4-7,12,14,18H,2-3,8-9H2,1H3,(H,17,19)/t12-,14-/m0/s1. The van der Waals surface area contributed by atoms with Gasteiger partial charge in [-0.05, 0) is 18.1 Å². The second kappa shape index (κ2) is 8.41. The molecule has 0 bridgehead atoms. The quantitative estimate of drug-likeness (QED) is 0.759. The van der Waals surface area contributed by atoms with Crippen molar-refractivity contribution < 1.29 is 9.90 Å². The third-order valence-electron chi connectivity index (χ3n) is 2.92. The van der Waals surface area contributed by atoms with Crippen LogP contribution in [-0.4, -0.2) is 23.0 Å². The molecule has 0 saturated heterocycles. The Hall–Kier alpha value is -0.770. The molecule has 0 aliphatic heterocycles. The molecular weight excluding hydrogens is 285 g/mol. The van der Waals surface area contributed by atoms with E-state index in [0.717, 1.165) is 12.8 Å².